The van der Waals surface area contributed by atoms with Crippen molar-refractivity contribution in [2.75, 3.05) is 0 Å². The summed E-state index contributed by atoms with van der Waals surface area (Å²) in [6.45, 7) is 0. The van der Waals surface area contributed by atoms with Gasteiger partial charge in [0, 0.05) is 16.3 Å². The molecule has 2 aromatic carbocycles. The second kappa shape index (κ2) is 3.95. The molecule has 0 aliphatic carbocycles. The summed E-state index contributed by atoms with van der Waals surface area (Å²) in [5.41, 5.74) is 3.93. The summed E-state index contributed by atoms with van der Waals surface area (Å²) < 4.78 is 5.35. The van der Waals surface area contributed by atoms with Crippen molar-refractivity contribution in [1.29, 1.82) is 0 Å². The predicted molar refractivity (Wildman–Crippen MR) is 75.8 cm³/mol. The average Bonchev–Trinajstić information content (AvgIpc) is 2.94. The van der Waals surface area contributed by atoms with E-state index in [1.54, 1.807) is 6.26 Å². The van der Waals surface area contributed by atoms with Gasteiger partial charge in [0.2, 0.25) is 0 Å². The summed E-state index contributed by atoms with van der Waals surface area (Å²) in [5.74, 6) is 0. The number of furan rings is 1. The molecule has 0 atom stereocenters. The quantitative estimate of drug-likeness (QED) is 0.494. The van der Waals surface area contributed by atoms with Crippen LogP contribution in [0.5, 0.6) is 0 Å². The van der Waals surface area contributed by atoms with Gasteiger partial charge in [0.05, 0.1) is 17.5 Å². The van der Waals surface area contributed by atoms with E-state index in [0.717, 1.165) is 33.1 Å². The van der Waals surface area contributed by atoms with E-state index in [0.29, 0.717) is 0 Å². The highest BCUT2D eigenvalue weighted by atomic mass is 16.3. The molecule has 2 heterocycles. The van der Waals surface area contributed by atoms with Crippen LogP contribution in [-0.2, 0) is 0 Å². The van der Waals surface area contributed by atoms with Gasteiger partial charge in [-0.2, -0.15) is 0 Å². The van der Waals surface area contributed by atoms with Crippen molar-refractivity contribution in [2.24, 2.45) is 0 Å². The van der Waals surface area contributed by atoms with Crippen LogP contribution in [0.2, 0.25) is 0 Å². The van der Waals surface area contributed by atoms with Gasteiger partial charge in [-0.1, -0.05) is 18.2 Å². The Labute approximate surface area is 110 Å². The molecule has 0 unspecified atom stereocenters. The molecule has 0 aliphatic heterocycles. The van der Waals surface area contributed by atoms with Crippen LogP contribution >= 0.6 is 0 Å². The fraction of sp³-hybridized carbons (Fsp3) is 0. The number of benzene rings is 2. The van der Waals surface area contributed by atoms with E-state index in [1.165, 1.54) is 0 Å². The molecule has 4 aromatic rings. The number of hydrogen-bond donors (Lipinski definition) is 0. The number of pyridine rings is 1. The Balaban J connectivity index is 1.92. The van der Waals surface area contributed by atoms with Gasteiger partial charge in [-0.3, -0.25) is 0 Å². The first kappa shape index (κ1) is 10.3. The number of fused-ring (bicyclic) bond motifs is 2. The van der Waals surface area contributed by atoms with Crippen molar-refractivity contribution < 1.29 is 4.42 Å². The van der Waals surface area contributed by atoms with Gasteiger partial charge in [0.15, 0.2) is 0 Å². The maximum atomic E-state index is 5.35. The molecule has 0 N–H and O–H groups in total. The van der Waals surface area contributed by atoms with Gasteiger partial charge in [-0.25, -0.2) is 4.98 Å². The second-order valence-corrected chi connectivity index (χ2v) is 4.49. The third-order valence-corrected chi connectivity index (χ3v) is 3.28. The van der Waals surface area contributed by atoms with E-state index < -0.39 is 0 Å². The lowest BCUT2D eigenvalue weighted by atomic mass is 10.1. The molecule has 0 fully saturated rings. The highest BCUT2D eigenvalue weighted by Gasteiger charge is 2.03. The van der Waals surface area contributed by atoms with Crippen molar-refractivity contribution in [2.45, 2.75) is 0 Å². The molecule has 0 saturated carbocycles. The molecule has 0 spiro atoms. The minimum absolute atomic E-state index is 0.901. The zero-order chi connectivity index (χ0) is 12.7. The van der Waals surface area contributed by atoms with Gasteiger partial charge < -0.3 is 4.42 Å². The third kappa shape index (κ3) is 1.69. The summed E-state index contributed by atoms with van der Waals surface area (Å²) in [6, 6.07) is 21.1. The Morgan fingerprint density at radius 1 is 0.947 bits per heavy atom. The van der Waals surface area contributed by atoms with E-state index in [4.69, 9.17) is 4.42 Å². The molecule has 19 heavy (non-hydrogen) atoms. The zero-order valence-electron chi connectivity index (χ0n) is 10.1. The second-order valence-electron chi connectivity index (χ2n) is 4.49. The fourth-order valence-corrected chi connectivity index (χ4v) is 2.29. The molecule has 4 rings (SSSR count). The maximum absolute atomic E-state index is 5.35. The lowest BCUT2D eigenvalue weighted by Crippen LogP contribution is -1.84. The minimum Gasteiger partial charge on any atom is -0.464 e. The highest BCUT2D eigenvalue weighted by Crippen LogP contribution is 2.25. The molecule has 2 nitrogen and oxygen atoms in total. The standard InChI is InChI=1S/C17H10NO/c1-2-4-15-12(3-1)5-7-16(18-15)13-6-8-17-14(11-13)9-10-19-17/h1,3-11H. The van der Waals surface area contributed by atoms with E-state index in [1.807, 2.05) is 42.5 Å². The summed E-state index contributed by atoms with van der Waals surface area (Å²) in [7, 11) is 0. The first-order chi connectivity index (χ1) is 9.40. The van der Waals surface area contributed by atoms with Gasteiger partial charge >= 0.3 is 0 Å². The first-order valence-electron chi connectivity index (χ1n) is 6.15. The van der Waals surface area contributed by atoms with Crippen molar-refractivity contribution in [3.63, 3.8) is 0 Å². The van der Waals surface area contributed by atoms with Gasteiger partial charge in [-0.05, 0) is 42.5 Å². The Morgan fingerprint density at radius 2 is 1.95 bits per heavy atom. The van der Waals surface area contributed by atoms with Gasteiger partial charge in [0.1, 0.15) is 5.58 Å². The number of aromatic nitrogens is 1. The molecule has 2 heteroatoms. The van der Waals surface area contributed by atoms with E-state index in [9.17, 15) is 0 Å². The van der Waals surface area contributed by atoms with E-state index in [2.05, 4.69) is 23.2 Å². The summed E-state index contributed by atoms with van der Waals surface area (Å²) in [4.78, 5) is 4.67. The van der Waals surface area contributed by atoms with Crippen LogP contribution in [-0.4, -0.2) is 4.98 Å². The van der Waals surface area contributed by atoms with E-state index in [-0.39, 0.29) is 0 Å². The molecule has 2 aromatic heterocycles. The summed E-state index contributed by atoms with van der Waals surface area (Å²) in [5, 5.41) is 2.23. The van der Waals surface area contributed by atoms with Crippen LogP contribution < -0.4 is 0 Å². The van der Waals surface area contributed by atoms with Crippen LogP contribution in [0.1, 0.15) is 0 Å². The average molecular weight is 244 g/mol. The molecule has 0 aliphatic rings. The monoisotopic (exact) mass is 244 g/mol. The smallest absolute Gasteiger partial charge is 0.133 e. The third-order valence-electron chi connectivity index (χ3n) is 3.28. The fourth-order valence-electron chi connectivity index (χ4n) is 2.29. The Kier molecular flexibility index (Phi) is 2.15. The Hall–Kier alpha value is -2.61. The molecule has 0 saturated heterocycles. The van der Waals surface area contributed by atoms with Crippen molar-refractivity contribution >= 4 is 21.9 Å². The number of hydrogen-bond acceptors (Lipinski definition) is 2. The lowest BCUT2D eigenvalue weighted by Gasteiger charge is -2.03. The van der Waals surface area contributed by atoms with Crippen LogP contribution in [0.25, 0.3) is 33.1 Å². The lowest BCUT2D eigenvalue weighted by molar-refractivity contribution is 0.616. The largest absolute Gasteiger partial charge is 0.464 e. The van der Waals surface area contributed by atoms with Gasteiger partial charge in [0.25, 0.3) is 0 Å². The molecular weight excluding hydrogens is 234 g/mol. The van der Waals surface area contributed by atoms with Crippen LogP contribution in [0.4, 0.5) is 0 Å². The topological polar surface area (TPSA) is 26.0 Å². The van der Waals surface area contributed by atoms with Crippen LogP contribution in [0, 0.1) is 6.07 Å². The predicted octanol–water partition coefficient (Wildman–Crippen LogP) is 4.45. The van der Waals surface area contributed by atoms with Crippen molar-refractivity contribution in [1.82, 2.24) is 4.98 Å². The van der Waals surface area contributed by atoms with Crippen molar-refractivity contribution in [3.8, 4) is 11.3 Å². The molecule has 0 bridgehead atoms. The molecule has 0 amide bonds. The highest BCUT2D eigenvalue weighted by molar-refractivity contribution is 5.85. The van der Waals surface area contributed by atoms with E-state index >= 15 is 0 Å². The Morgan fingerprint density at radius 3 is 2.95 bits per heavy atom. The molecular formula is C17H10NO. The summed E-state index contributed by atoms with van der Waals surface area (Å²) >= 11 is 0. The van der Waals surface area contributed by atoms with Crippen molar-refractivity contribution in [3.05, 3.63) is 66.9 Å². The Bertz CT molecular complexity index is 876. The molecule has 89 valence electrons. The van der Waals surface area contributed by atoms with Gasteiger partial charge in [-0.15, -0.1) is 0 Å². The number of nitrogens with zero attached hydrogens (tertiary/aromatic N) is 1. The number of rotatable bonds is 1. The maximum Gasteiger partial charge on any atom is 0.133 e. The zero-order valence-corrected chi connectivity index (χ0v) is 10.1. The molecule has 1 radical (unpaired) electrons. The SMILES string of the molecule is [c]1ccc2ccc(-c3ccc4occc4c3)nc2c1. The first-order valence-corrected chi connectivity index (χ1v) is 6.15. The summed E-state index contributed by atoms with van der Waals surface area (Å²) in [6.07, 6.45) is 1.71. The normalized spacial score (nSPS) is 11.2. The minimum atomic E-state index is 0.901. The van der Waals surface area contributed by atoms with Crippen LogP contribution in [0.15, 0.2) is 65.3 Å². The van der Waals surface area contributed by atoms with Crippen LogP contribution in [0.3, 0.4) is 0 Å².